The molecule has 110 valence electrons. The topological polar surface area (TPSA) is 87.8 Å². The number of nitrogens with one attached hydrogen (secondary N) is 1. The third-order valence-electron chi connectivity index (χ3n) is 2.78. The Morgan fingerprint density at radius 1 is 1.38 bits per heavy atom. The molecule has 0 radical (unpaired) electrons. The minimum absolute atomic E-state index is 0.0550. The maximum atomic E-state index is 13.5. The first-order chi connectivity index (χ1) is 9.86. The molecular formula is C13H13FN4O2S. The van der Waals surface area contributed by atoms with Crippen LogP contribution in [0.4, 0.5) is 10.2 Å². The van der Waals surface area contributed by atoms with E-state index in [2.05, 4.69) is 9.82 Å². The average Bonchev–Trinajstić information content (AvgIpc) is 2.86. The number of halogens is 1. The van der Waals surface area contributed by atoms with Crippen LogP contribution >= 0.6 is 0 Å². The van der Waals surface area contributed by atoms with Gasteiger partial charge in [-0.15, -0.1) is 0 Å². The van der Waals surface area contributed by atoms with Gasteiger partial charge in [0.1, 0.15) is 28.2 Å². The SMILES string of the molecule is CC(C)n1nccc1NS(=O)(=O)c1cccc(F)c1C#N. The third-order valence-corrected chi connectivity index (χ3v) is 4.17. The molecular weight excluding hydrogens is 295 g/mol. The molecule has 1 aromatic carbocycles. The summed E-state index contributed by atoms with van der Waals surface area (Å²) in [5.41, 5.74) is -0.513. The van der Waals surface area contributed by atoms with Crippen LogP contribution in [-0.2, 0) is 10.0 Å². The number of aromatic nitrogens is 2. The molecule has 0 unspecified atom stereocenters. The van der Waals surface area contributed by atoms with Crippen LogP contribution in [0.3, 0.4) is 0 Å². The Balaban J connectivity index is 2.47. The molecule has 6 nitrogen and oxygen atoms in total. The van der Waals surface area contributed by atoms with Gasteiger partial charge in [0.15, 0.2) is 0 Å². The van der Waals surface area contributed by atoms with Gasteiger partial charge in [0.05, 0.1) is 6.20 Å². The Bertz CT molecular complexity index is 806. The number of rotatable bonds is 4. The fourth-order valence-corrected chi connectivity index (χ4v) is 3.05. The predicted octanol–water partition coefficient (Wildman–Crippen LogP) is 2.28. The van der Waals surface area contributed by atoms with Gasteiger partial charge in [0, 0.05) is 12.1 Å². The largest absolute Gasteiger partial charge is 0.264 e. The van der Waals surface area contributed by atoms with E-state index in [1.807, 2.05) is 13.8 Å². The van der Waals surface area contributed by atoms with Crippen molar-refractivity contribution in [3.8, 4) is 6.07 Å². The lowest BCUT2D eigenvalue weighted by Crippen LogP contribution is -2.18. The van der Waals surface area contributed by atoms with Gasteiger partial charge >= 0.3 is 0 Å². The van der Waals surface area contributed by atoms with Crippen LogP contribution in [0.15, 0.2) is 35.4 Å². The molecule has 0 saturated heterocycles. The molecule has 0 atom stereocenters. The summed E-state index contributed by atoms with van der Waals surface area (Å²) in [6, 6.07) is 6.46. The maximum absolute atomic E-state index is 13.5. The van der Waals surface area contributed by atoms with E-state index in [1.54, 1.807) is 6.07 Å². The second kappa shape index (κ2) is 5.54. The van der Waals surface area contributed by atoms with Crippen LogP contribution < -0.4 is 4.72 Å². The molecule has 0 fully saturated rings. The molecule has 1 aromatic heterocycles. The van der Waals surface area contributed by atoms with Crippen LogP contribution in [0.2, 0.25) is 0 Å². The summed E-state index contributed by atoms with van der Waals surface area (Å²) in [5, 5.41) is 12.9. The van der Waals surface area contributed by atoms with Crippen molar-refractivity contribution in [2.75, 3.05) is 4.72 Å². The molecule has 0 bridgehead atoms. The van der Waals surface area contributed by atoms with E-state index in [1.165, 1.54) is 29.1 Å². The van der Waals surface area contributed by atoms with Crippen molar-refractivity contribution in [3.63, 3.8) is 0 Å². The van der Waals surface area contributed by atoms with Crippen LogP contribution in [0.25, 0.3) is 0 Å². The summed E-state index contributed by atoms with van der Waals surface area (Å²) in [4.78, 5) is -0.401. The van der Waals surface area contributed by atoms with Crippen molar-refractivity contribution in [2.45, 2.75) is 24.8 Å². The lowest BCUT2D eigenvalue weighted by Gasteiger charge is -2.13. The summed E-state index contributed by atoms with van der Waals surface area (Å²) in [6.45, 7) is 3.68. The second-order valence-corrected chi connectivity index (χ2v) is 6.24. The first-order valence-electron chi connectivity index (χ1n) is 6.11. The summed E-state index contributed by atoms with van der Waals surface area (Å²) in [6.07, 6.45) is 1.45. The fourth-order valence-electron chi connectivity index (χ4n) is 1.84. The Labute approximate surface area is 121 Å². The second-order valence-electron chi connectivity index (χ2n) is 4.59. The molecule has 0 amide bonds. The van der Waals surface area contributed by atoms with Gasteiger partial charge in [-0.25, -0.2) is 17.5 Å². The van der Waals surface area contributed by atoms with E-state index < -0.39 is 26.3 Å². The molecule has 2 rings (SSSR count). The van der Waals surface area contributed by atoms with E-state index in [4.69, 9.17) is 5.26 Å². The number of benzene rings is 1. The van der Waals surface area contributed by atoms with Gasteiger partial charge < -0.3 is 0 Å². The summed E-state index contributed by atoms with van der Waals surface area (Å²) in [5.74, 6) is -0.629. The van der Waals surface area contributed by atoms with Crippen LogP contribution in [0.5, 0.6) is 0 Å². The van der Waals surface area contributed by atoms with Crippen molar-refractivity contribution in [1.82, 2.24) is 9.78 Å². The number of nitrogens with zero attached hydrogens (tertiary/aromatic N) is 3. The van der Waals surface area contributed by atoms with Crippen LogP contribution in [0, 0.1) is 17.1 Å². The Kier molecular flexibility index (Phi) is 3.95. The number of hydrogen-bond acceptors (Lipinski definition) is 4. The minimum atomic E-state index is -4.08. The van der Waals surface area contributed by atoms with Crippen LogP contribution in [0.1, 0.15) is 25.5 Å². The first kappa shape index (κ1) is 15.0. The highest BCUT2D eigenvalue weighted by atomic mass is 32.2. The van der Waals surface area contributed by atoms with Gasteiger partial charge in [-0.3, -0.25) is 4.72 Å². The number of anilines is 1. The van der Waals surface area contributed by atoms with Crippen molar-refractivity contribution in [2.24, 2.45) is 0 Å². The predicted molar refractivity (Wildman–Crippen MR) is 74.5 cm³/mol. The van der Waals surface area contributed by atoms with Gasteiger partial charge in [0.25, 0.3) is 10.0 Å². The molecule has 0 aliphatic carbocycles. The zero-order valence-electron chi connectivity index (χ0n) is 11.4. The Morgan fingerprint density at radius 3 is 2.71 bits per heavy atom. The van der Waals surface area contributed by atoms with Crippen molar-refractivity contribution < 1.29 is 12.8 Å². The molecule has 1 N–H and O–H groups in total. The van der Waals surface area contributed by atoms with E-state index in [-0.39, 0.29) is 11.9 Å². The molecule has 8 heteroatoms. The van der Waals surface area contributed by atoms with Crippen molar-refractivity contribution >= 4 is 15.8 Å². The van der Waals surface area contributed by atoms with E-state index in [9.17, 15) is 12.8 Å². The first-order valence-corrected chi connectivity index (χ1v) is 7.60. The van der Waals surface area contributed by atoms with Gasteiger partial charge in [-0.05, 0) is 26.0 Å². The van der Waals surface area contributed by atoms with Gasteiger partial charge in [0.2, 0.25) is 0 Å². The van der Waals surface area contributed by atoms with E-state index in [0.29, 0.717) is 0 Å². The Morgan fingerprint density at radius 2 is 2.10 bits per heavy atom. The molecule has 0 aliphatic rings. The van der Waals surface area contributed by atoms with E-state index in [0.717, 1.165) is 6.07 Å². The fraction of sp³-hybridized carbons (Fsp3) is 0.231. The average molecular weight is 308 g/mol. The lowest BCUT2D eigenvalue weighted by atomic mass is 10.2. The van der Waals surface area contributed by atoms with Crippen LogP contribution in [-0.4, -0.2) is 18.2 Å². The smallest absolute Gasteiger partial charge is 0.264 e. The molecule has 0 aliphatic heterocycles. The van der Waals surface area contributed by atoms with E-state index >= 15 is 0 Å². The molecule has 1 heterocycles. The summed E-state index contributed by atoms with van der Waals surface area (Å²) >= 11 is 0. The maximum Gasteiger partial charge on any atom is 0.264 e. The number of sulfonamides is 1. The molecule has 21 heavy (non-hydrogen) atoms. The zero-order chi connectivity index (χ0) is 15.6. The zero-order valence-corrected chi connectivity index (χ0v) is 12.2. The molecule has 0 spiro atoms. The highest BCUT2D eigenvalue weighted by Gasteiger charge is 2.22. The standard InChI is InChI=1S/C13H13FN4O2S/c1-9(2)18-13(6-7-16-18)17-21(19,20)12-5-3-4-11(14)10(12)8-15/h3-7,9,17H,1-2H3. The highest BCUT2D eigenvalue weighted by molar-refractivity contribution is 7.92. The summed E-state index contributed by atoms with van der Waals surface area (Å²) in [7, 11) is -4.08. The van der Waals surface area contributed by atoms with Gasteiger partial charge in [-0.1, -0.05) is 6.07 Å². The normalized spacial score (nSPS) is 11.4. The number of nitriles is 1. The molecule has 2 aromatic rings. The molecule has 0 saturated carbocycles. The quantitative estimate of drug-likeness (QED) is 0.938. The highest BCUT2D eigenvalue weighted by Crippen LogP contribution is 2.22. The minimum Gasteiger partial charge on any atom is -0.264 e. The lowest BCUT2D eigenvalue weighted by molar-refractivity contribution is 0.539. The third kappa shape index (κ3) is 2.87. The number of hydrogen-bond donors (Lipinski definition) is 1. The summed E-state index contributed by atoms with van der Waals surface area (Å²) < 4.78 is 42.0. The monoisotopic (exact) mass is 308 g/mol. The van der Waals surface area contributed by atoms with Gasteiger partial charge in [-0.2, -0.15) is 10.4 Å². The van der Waals surface area contributed by atoms with Crippen molar-refractivity contribution in [3.05, 3.63) is 41.8 Å². The van der Waals surface area contributed by atoms with Crippen molar-refractivity contribution in [1.29, 1.82) is 5.26 Å². The Hall–Kier alpha value is -2.40.